The van der Waals surface area contributed by atoms with Gasteiger partial charge in [0.15, 0.2) is 0 Å². The Kier molecular flexibility index (Phi) is 7.88. The van der Waals surface area contributed by atoms with Crippen LogP contribution in [0.3, 0.4) is 0 Å². The summed E-state index contributed by atoms with van der Waals surface area (Å²) >= 11 is 11.9. The third kappa shape index (κ3) is 5.87. The van der Waals surface area contributed by atoms with Crippen molar-refractivity contribution >= 4 is 46.8 Å². The van der Waals surface area contributed by atoms with Gasteiger partial charge >= 0.3 is 5.97 Å². The van der Waals surface area contributed by atoms with E-state index in [0.29, 0.717) is 35.9 Å². The van der Waals surface area contributed by atoms with E-state index in [4.69, 9.17) is 28.3 Å². The molecule has 9 heteroatoms. The van der Waals surface area contributed by atoms with Crippen LogP contribution < -0.4 is 5.32 Å². The van der Waals surface area contributed by atoms with Crippen LogP contribution in [0.15, 0.2) is 42.5 Å². The lowest BCUT2D eigenvalue weighted by atomic mass is 10.1. The van der Waals surface area contributed by atoms with E-state index in [1.807, 2.05) is 6.07 Å². The minimum atomic E-state index is -1.01. The van der Waals surface area contributed by atoms with Crippen molar-refractivity contribution in [3.63, 3.8) is 0 Å². The van der Waals surface area contributed by atoms with Gasteiger partial charge in [-0.3, -0.25) is 14.4 Å². The third-order valence-corrected chi connectivity index (χ3v) is 6.07. The molecule has 168 valence electrons. The van der Waals surface area contributed by atoms with Crippen LogP contribution >= 0.6 is 23.2 Å². The average molecular weight is 477 g/mol. The predicted molar refractivity (Wildman–Crippen MR) is 120 cm³/mol. The quantitative estimate of drug-likeness (QED) is 0.328. The highest BCUT2D eigenvalue weighted by atomic mass is 35.5. The number of nitrogens with zero attached hydrogens (tertiary/aromatic N) is 1. The second kappa shape index (κ2) is 10.6. The van der Waals surface area contributed by atoms with Crippen molar-refractivity contribution in [2.45, 2.75) is 19.3 Å². The van der Waals surface area contributed by atoms with Crippen molar-refractivity contribution in [3.05, 3.63) is 69.2 Å². The molecule has 2 amide bonds. The van der Waals surface area contributed by atoms with E-state index >= 15 is 0 Å². The van der Waals surface area contributed by atoms with E-state index in [1.165, 1.54) is 17.0 Å². The highest BCUT2D eigenvalue weighted by Crippen LogP contribution is 2.23. The fourth-order valence-electron chi connectivity index (χ4n) is 3.49. The molecule has 32 heavy (non-hydrogen) atoms. The molecule has 1 saturated heterocycles. The van der Waals surface area contributed by atoms with Crippen molar-refractivity contribution in [2.24, 2.45) is 5.92 Å². The molecule has 1 atom stereocenters. The SMILES string of the molecule is O=C(O)c1ccc(CCN2CC(C(=O)NCCCc3ccc(Cl)c(Cl)c3)C(=O)C2=O)cc1. The summed E-state index contributed by atoms with van der Waals surface area (Å²) in [5.41, 5.74) is 2.01. The van der Waals surface area contributed by atoms with Crippen molar-refractivity contribution in [3.8, 4) is 0 Å². The monoisotopic (exact) mass is 476 g/mol. The first-order valence-corrected chi connectivity index (χ1v) is 10.9. The molecular weight excluding hydrogens is 455 g/mol. The van der Waals surface area contributed by atoms with E-state index in [9.17, 15) is 19.2 Å². The number of carboxylic acids is 1. The molecule has 0 radical (unpaired) electrons. The number of halogens is 2. The minimum absolute atomic E-state index is 0.0451. The molecule has 1 unspecified atom stereocenters. The van der Waals surface area contributed by atoms with Crippen molar-refractivity contribution in [1.82, 2.24) is 10.2 Å². The molecule has 0 aliphatic carbocycles. The Labute approximate surface area is 195 Å². The van der Waals surface area contributed by atoms with E-state index in [-0.39, 0.29) is 18.7 Å². The smallest absolute Gasteiger partial charge is 0.335 e. The van der Waals surface area contributed by atoms with Gasteiger partial charge in [0.2, 0.25) is 11.7 Å². The number of hydrogen-bond donors (Lipinski definition) is 2. The summed E-state index contributed by atoms with van der Waals surface area (Å²) < 4.78 is 0. The Bertz CT molecular complexity index is 1040. The van der Waals surface area contributed by atoms with Crippen molar-refractivity contribution in [2.75, 3.05) is 19.6 Å². The number of Topliss-reactive ketones (excluding diaryl/α,β-unsaturated/α-hetero) is 1. The van der Waals surface area contributed by atoms with Crippen LogP contribution in [0.5, 0.6) is 0 Å². The number of aryl methyl sites for hydroxylation is 1. The fraction of sp³-hybridized carbons (Fsp3) is 0.304. The Balaban J connectivity index is 1.45. The number of benzene rings is 2. The van der Waals surface area contributed by atoms with E-state index in [1.54, 1.807) is 24.3 Å². The second-order valence-corrected chi connectivity index (χ2v) is 8.38. The van der Waals surface area contributed by atoms with Gasteiger partial charge in [0.1, 0.15) is 5.92 Å². The molecule has 1 fully saturated rings. The molecule has 1 heterocycles. The first-order valence-electron chi connectivity index (χ1n) is 10.1. The van der Waals surface area contributed by atoms with Crippen LogP contribution in [-0.4, -0.2) is 53.2 Å². The highest BCUT2D eigenvalue weighted by Gasteiger charge is 2.42. The van der Waals surface area contributed by atoms with Crippen LogP contribution in [0.2, 0.25) is 10.0 Å². The molecular formula is C23H22Cl2N2O5. The molecule has 1 aliphatic rings. The maximum atomic E-state index is 12.4. The second-order valence-electron chi connectivity index (χ2n) is 7.56. The molecule has 7 nitrogen and oxygen atoms in total. The summed E-state index contributed by atoms with van der Waals surface area (Å²) in [7, 11) is 0. The third-order valence-electron chi connectivity index (χ3n) is 5.33. The largest absolute Gasteiger partial charge is 0.478 e. The number of amides is 2. The predicted octanol–water partition coefficient (Wildman–Crippen LogP) is 3.01. The number of carboxylic acid groups (broad SMARTS) is 1. The number of ketones is 1. The topological polar surface area (TPSA) is 104 Å². The number of hydrogen-bond acceptors (Lipinski definition) is 4. The van der Waals surface area contributed by atoms with Crippen LogP contribution in [-0.2, 0) is 27.2 Å². The molecule has 2 aromatic rings. The number of carbonyl (C=O) groups excluding carboxylic acids is 3. The lowest BCUT2D eigenvalue weighted by Gasteiger charge is -2.15. The summed E-state index contributed by atoms with van der Waals surface area (Å²) in [5, 5.41) is 12.6. The molecule has 1 aliphatic heterocycles. The van der Waals surface area contributed by atoms with E-state index in [2.05, 4.69) is 5.32 Å². The van der Waals surface area contributed by atoms with Gasteiger partial charge < -0.3 is 15.3 Å². The van der Waals surface area contributed by atoms with Crippen LogP contribution in [0.4, 0.5) is 0 Å². The summed E-state index contributed by atoms with van der Waals surface area (Å²) in [6.45, 7) is 0.689. The maximum Gasteiger partial charge on any atom is 0.335 e. The van der Waals surface area contributed by atoms with Gasteiger partial charge in [-0.15, -0.1) is 0 Å². The Hall–Kier alpha value is -2.90. The van der Waals surface area contributed by atoms with Gasteiger partial charge in [0.25, 0.3) is 5.91 Å². The number of carbonyl (C=O) groups is 4. The number of nitrogens with one attached hydrogen (secondary N) is 1. The Morgan fingerprint density at radius 3 is 2.34 bits per heavy atom. The van der Waals surface area contributed by atoms with Gasteiger partial charge in [-0.1, -0.05) is 41.4 Å². The first kappa shape index (κ1) is 23.8. The average Bonchev–Trinajstić information content (AvgIpc) is 3.06. The summed E-state index contributed by atoms with van der Waals surface area (Å²) in [5.74, 6) is -3.84. The van der Waals surface area contributed by atoms with Gasteiger partial charge in [0, 0.05) is 19.6 Å². The first-order chi connectivity index (χ1) is 15.3. The molecule has 3 rings (SSSR count). The van der Waals surface area contributed by atoms with Gasteiger partial charge in [-0.2, -0.15) is 0 Å². The number of aromatic carboxylic acids is 1. The standard InChI is InChI=1S/C23H22Cl2N2O5/c24-18-8-5-15(12-19(18)25)2-1-10-26-21(29)17-13-27(22(30)20(17)28)11-9-14-3-6-16(7-4-14)23(31)32/h3-8,12,17H,1-2,9-11,13H2,(H,26,29)(H,31,32). The van der Waals surface area contributed by atoms with Crippen LogP contribution in [0.1, 0.15) is 27.9 Å². The van der Waals surface area contributed by atoms with Gasteiger partial charge in [-0.05, 0) is 54.7 Å². The maximum absolute atomic E-state index is 12.4. The minimum Gasteiger partial charge on any atom is -0.478 e. The molecule has 0 aromatic heterocycles. The van der Waals surface area contributed by atoms with Crippen molar-refractivity contribution in [1.29, 1.82) is 0 Å². The zero-order chi connectivity index (χ0) is 23.3. The molecule has 2 aromatic carbocycles. The molecule has 0 saturated carbocycles. The number of likely N-dealkylation sites (tertiary alicyclic amines) is 1. The number of rotatable bonds is 9. The summed E-state index contributed by atoms with van der Waals surface area (Å²) in [4.78, 5) is 49.2. The fourth-order valence-corrected chi connectivity index (χ4v) is 3.81. The zero-order valence-electron chi connectivity index (χ0n) is 17.1. The molecule has 0 spiro atoms. The Morgan fingerprint density at radius 1 is 1.00 bits per heavy atom. The lowest BCUT2D eigenvalue weighted by Crippen LogP contribution is -2.36. The van der Waals surface area contributed by atoms with Crippen LogP contribution in [0.25, 0.3) is 0 Å². The molecule has 2 N–H and O–H groups in total. The lowest BCUT2D eigenvalue weighted by molar-refractivity contribution is -0.142. The zero-order valence-corrected chi connectivity index (χ0v) is 18.7. The van der Waals surface area contributed by atoms with Crippen molar-refractivity contribution < 1.29 is 24.3 Å². The summed E-state index contributed by atoms with van der Waals surface area (Å²) in [6.07, 6.45) is 1.78. The van der Waals surface area contributed by atoms with Crippen LogP contribution in [0, 0.1) is 5.92 Å². The molecule has 0 bridgehead atoms. The summed E-state index contributed by atoms with van der Waals surface area (Å²) in [6, 6.07) is 11.7. The highest BCUT2D eigenvalue weighted by molar-refractivity contribution is 6.42. The van der Waals surface area contributed by atoms with E-state index in [0.717, 1.165) is 11.1 Å². The van der Waals surface area contributed by atoms with Gasteiger partial charge in [-0.25, -0.2) is 4.79 Å². The normalized spacial score (nSPS) is 15.8. The van der Waals surface area contributed by atoms with E-state index < -0.39 is 29.5 Å². The van der Waals surface area contributed by atoms with Gasteiger partial charge in [0.05, 0.1) is 15.6 Å². The Morgan fingerprint density at radius 2 is 1.69 bits per heavy atom.